The lowest BCUT2D eigenvalue weighted by Gasteiger charge is -2.32. The van der Waals surface area contributed by atoms with E-state index in [-0.39, 0.29) is 28.7 Å². The highest BCUT2D eigenvalue weighted by Gasteiger charge is 2.33. The van der Waals surface area contributed by atoms with E-state index in [1.54, 1.807) is 56.3 Å². The third-order valence-electron chi connectivity index (χ3n) is 5.85. The summed E-state index contributed by atoms with van der Waals surface area (Å²) in [6, 6.07) is 18.8. The second kappa shape index (κ2) is 12.6. The van der Waals surface area contributed by atoms with E-state index in [9.17, 15) is 22.4 Å². The molecule has 0 aliphatic rings. The Labute approximate surface area is 223 Å². The quantitative estimate of drug-likeness (QED) is 0.396. The van der Waals surface area contributed by atoms with Gasteiger partial charge in [-0.1, -0.05) is 42.5 Å². The number of rotatable bonds is 11. The molecule has 0 saturated heterocycles. The number of carbonyl (C=O) groups excluding carboxylic acids is 2. The summed E-state index contributed by atoms with van der Waals surface area (Å²) in [6.45, 7) is 4.24. The van der Waals surface area contributed by atoms with Crippen molar-refractivity contribution < 1.29 is 27.1 Å². The van der Waals surface area contributed by atoms with E-state index in [0.717, 1.165) is 4.31 Å². The van der Waals surface area contributed by atoms with Crippen molar-refractivity contribution in [1.29, 1.82) is 0 Å². The van der Waals surface area contributed by atoms with Crippen LogP contribution < -0.4 is 14.4 Å². The maximum absolute atomic E-state index is 14.6. The molecular weight excluding hydrogens is 509 g/mol. The highest BCUT2D eigenvalue weighted by atomic mass is 32.2. The topological polar surface area (TPSA) is 96.0 Å². The Morgan fingerprint density at radius 3 is 2.24 bits per heavy atom. The van der Waals surface area contributed by atoms with Gasteiger partial charge in [0, 0.05) is 24.2 Å². The van der Waals surface area contributed by atoms with E-state index in [1.165, 1.54) is 55.3 Å². The molecule has 1 atom stereocenters. The largest absolute Gasteiger partial charge is 0.497 e. The van der Waals surface area contributed by atoms with Gasteiger partial charge in [-0.15, -0.1) is 0 Å². The number of anilines is 1. The van der Waals surface area contributed by atoms with Crippen LogP contribution in [0.25, 0.3) is 0 Å². The average molecular weight is 542 g/mol. The second-order valence-corrected chi connectivity index (χ2v) is 10.8. The summed E-state index contributed by atoms with van der Waals surface area (Å²) in [5.41, 5.74) is 0.399. The predicted octanol–water partition coefficient (Wildman–Crippen LogP) is 3.97. The van der Waals surface area contributed by atoms with Gasteiger partial charge in [0.05, 0.1) is 17.7 Å². The first-order valence-electron chi connectivity index (χ1n) is 12.1. The fourth-order valence-corrected chi connectivity index (χ4v) is 5.24. The monoisotopic (exact) mass is 541 g/mol. The molecule has 0 spiro atoms. The van der Waals surface area contributed by atoms with Gasteiger partial charge >= 0.3 is 0 Å². The van der Waals surface area contributed by atoms with Gasteiger partial charge in [-0.3, -0.25) is 13.9 Å². The molecule has 3 aromatic rings. The smallest absolute Gasteiger partial charge is 0.264 e. The molecule has 0 aromatic heterocycles. The van der Waals surface area contributed by atoms with Crippen LogP contribution in [0.4, 0.5) is 10.1 Å². The zero-order valence-electron chi connectivity index (χ0n) is 21.8. The number of ether oxygens (including phenoxy) is 1. The van der Waals surface area contributed by atoms with E-state index < -0.39 is 40.2 Å². The van der Waals surface area contributed by atoms with Crippen molar-refractivity contribution in [1.82, 2.24) is 10.2 Å². The van der Waals surface area contributed by atoms with Gasteiger partial charge in [0.1, 0.15) is 24.2 Å². The van der Waals surface area contributed by atoms with Crippen molar-refractivity contribution in [2.45, 2.75) is 44.3 Å². The first-order valence-corrected chi connectivity index (χ1v) is 13.5. The van der Waals surface area contributed by atoms with E-state index in [1.807, 2.05) is 0 Å². The van der Waals surface area contributed by atoms with E-state index in [2.05, 4.69) is 5.32 Å². The number of nitrogens with zero attached hydrogens (tertiary/aromatic N) is 2. The summed E-state index contributed by atoms with van der Waals surface area (Å²) < 4.78 is 48.2. The molecule has 0 aliphatic heterocycles. The lowest BCUT2D eigenvalue weighted by molar-refractivity contribution is -0.139. The summed E-state index contributed by atoms with van der Waals surface area (Å²) in [5.74, 6) is -1.26. The van der Waals surface area contributed by atoms with E-state index >= 15 is 0 Å². The predicted molar refractivity (Wildman–Crippen MR) is 144 cm³/mol. The number of halogens is 1. The van der Waals surface area contributed by atoms with Gasteiger partial charge in [0.15, 0.2) is 0 Å². The fraction of sp³-hybridized carbons (Fsp3) is 0.286. The van der Waals surface area contributed by atoms with Crippen molar-refractivity contribution in [2.75, 3.05) is 18.0 Å². The number of benzene rings is 3. The van der Waals surface area contributed by atoms with Crippen molar-refractivity contribution in [3.63, 3.8) is 0 Å². The van der Waals surface area contributed by atoms with Gasteiger partial charge in [0.25, 0.3) is 10.0 Å². The summed E-state index contributed by atoms with van der Waals surface area (Å²) in [5, 5.41) is 2.76. The molecule has 3 aromatic carbocycles. The van der Waals surface area contributed by atoms with E-state index in [0.29, 0.717) is 5.75 Å². The normalized spacial score (nSPS) is 12.1. The molecule has 0 saturated carbocycles. The van der Waals surface area contributed by atoms with Crippen LogP contribution in [0.15, 0.2) is 83.8 Å². The van der Waals surface area contributed by atoms with Crippen LogP contribution in [0.2, 0.25) is 0 Å². The Kier molecular flexibility index (Phi) is 9.46. The van der Waals surface area contributed by atoms with Crippen LogP contribution >= 0.6 is 0 Å². The molecular formula is C28H32FN3O5S. The highest BCUT2D eigenvalue weighted by molar-refractivity contribution is 7.92. The Hall–Kier alpha value is -3.92. The Balaban J connectivity index is 2.05. The first kappa shape index (κ1) is 28.6. The van der Waals surface area contributed by atoms with Crippen LogP contribution in [-0.4, -0.2) is 50.9 Å². The van der Waals surface area contributed by atoms with Crippen LogP contribution in [0.5, 0.6) is 5.75 Å². The third kappa shape index (κ3) is 6.89. The molecule has 38 heavy (non-hydrogen) atoms. The number of sulfonamides is 1. The number of carbonyl (C=O) groups is 2. The van der Waals surface area contributed by atoms with Gasteiger partial charge in [0.2, 0.25) is 11.8 Å². The standard InChI is InChI=1S/C28H32FN3O5S/c1-20(2)30-28(34)21(3)31(18-22-11-8-9-16-26(22)29)27(33)19-32(23-12-10-13-24(17-23)37-4)38(35,36)25-14-6-5-7-15-25/h5-17,20-21H,18-19H2,1-4H3,(H,30,34)/t21-/m0/s1. The molecule has 0 fully saturated rings. The zero-order valence-corrected chi connectivity index (χ0v) is 22.6. The van der Waals surface area contributed by atoms with E-state index in [4.69, 9.17) is 4.74 Å². The molecule has 3 rings (SSSR count). The lowest BCUT2D eigenvalue weighted by Crippen LogP contribution is -2.52. The third-order valence-corrected chi connectivity index (χ3v) is 7.64. The van der Waals surface area contributed by atoms with Crippen LogP contribution in [-0.2, 0) is 26.2 Å². The first-order chi connectivity index (χ1) is 18.0. The second-order valence-electron chi connectivity index (χ2n) is 8.98. The van der Waals surface area contributed by atoms with Gasteiger partial charge < -0.3 is 15.0 Å². The minimum atomic E-state index is -4.20. The van der Waals surface area contributed by atoms with Gasteiger partial charge in [-0.05, 0) is 51.1 Å². The highest BCUT2D eigenvalue weighted by Crippen LogP contribution is 2.27. The summed E-state index contributed by atoms with van der Waals surface area (Å²) in [6.07, 6.45) is 0. The van der Waals surface area contributed by atoms with Crippen molar-refractivity contribution in [2.24, 2.45) is 0 Å². The number of hydrogen-bond donors (Lipinski definition) is 1. The van der Waals surface area contributed by atoms with Crippen molar-refractivity contribution in [3.05, 3.63) is 90.2 Å². The number of nitrogens with one attached hydrogen (secondary N) is 1. The van der Waals surface area contributed by atoms with Crippen LogP contribution in [0.1, 0.15) is 26.3 Å². The Morgan fingerprint density at radius 2 is 1.61 bits per heavy atom. The van der Waals surface area contributed by atoms with Crippen LogP contribution in [0, 0.1) is 5.82 Å². The molecule has 8 nitrogen and oxygen atoms in total. The molecule has 0 heterocycles. The number of amides is 2. The van der Waals surface area contributed by atoms with Gasteiger partial charge in [-0.25, -0.2) is 12.8 Å². The van der Waals surface area contributed by atoms with Crippen molar-refractivity contribution >= 4 is 27.5 Å². The number of hydrogen-bond acceptors (Lipinski definition) is 5. The Bertz CT molecular complexity index is 1370. The molecule has 10 heteroatoms. The summed E-state index contributed by atoms with van der Waals surface area (Å²) in [4.78, 5) is 27.9. The number of methoxy groups -OCH3 is 1. The molecule has 0 radical (unpaired) electrons. The summed E-state index contributed by atoms with van der Waals surface area (Å²) in [7, 11) is -2.75. The average Bonchev–Trinajstić information content (AvgIpc) is 2.90. The summed E-state index contributed by atoms with van der Waals surface area (Å²) >= 11 is 0. The Morgan fingerprint density at radius 1 is 0.947 bits per heavy atom. The minimum Gasteiger partial charge on any atom is -0.497 e. The molecule has 202 valence electrons. The van der Waals surface area contributed by atoms with Crippen LogP contribution in [0.3, 0.4) is 0 Å². The maximum atomic E-state index is 14.6. The zero-order chi connectivity index (χ0) is 27.9. The molecule has 0 bridgehead atoms. The lowest BCUT2D eigenvalue weighted by atomic mass is 10.1. The SMILES string of the molecule is COc1cccc(N(CC(=O)N(Cc2ccccc2F)[C@@H](C)C(=O)NC(C)C)S(=O)(=O)c2ccccc2)c1. The van der Waals surface area contributed by atoms with Crippen molar-refractivity contribution in [3.8, 4) is 5.75 Å². The maximum Gasteiger partial charge on any atom is 0.264 e. The molecule has 2 amide bonds. The fourth-order valence-electron chi connectivity index (χ4n) is 3.81. The molecule has 1 N–H and O–H groups in total. The van der Waals surface area contributed by atoms with Gasteiger partial charge in [-0.2, -0.15) is 0 Å². The molecule has 0 unspecified atom stereocenters. The minimum absolute atomic E-state index is 0.0122. The molecule has 0 aliphatic carbocycles.